The first-order valence-corrected chi connectivity index (χ1v) is 6.85. The van der Waals surface area contributed by atoms with Gasteiger partial charge in [-0.25, -0.2) is 0 Å². The van der Waals surface area contributed by atoms with E-state index in [1.54, 1.807) is 25.3 Å². The van der Waals surface area contributed by atoms with E-state index in [4.69, 9.17) is 14.2 Å². The molecule has 2 rings (SSSR count). The van der Waals surface area contributed by atoms with Crippen LogP contribution >= 0.6 is 11.3 Å². The molecule has 1 aromatic heterocycles. The summed E-state index contributed by atoms with van der Waals surface area (Å²) in [4.78, 5) is 12.4. The molecule has 7 nitrogen and oxygen atoms in total. The van der Waals surface area contributed by atoms with Crippen LogP contribution in [0.25, 0.3) is 0 Å². The van der Waals surface area contributed by atoms with Gasteiger partial charge in [0.2, 0.25) is 5.13 Å². The first kappa shape index (κ1) is 15.2. The van der Waals surface area contributed by atoms with Gasteiger partial charge in [0.25, 0.3) is 5.91 Å². The lowest BCUT2D eigenvalue weighted by molar-refractivity contribution is 0.102. The predicted octanol–water partition coefficient (Wildman–Crippen LogP) is 1.95. The number of nitrogens with zero attached hydrogens (tertiary/aromatic N) is 2. The molecule has 0 spiro atoms. The van der Waals surface area contributed by atoms with Crippen LogP contribution in [0.5, 0.6) is 11.5 Å². The van der Waals surface area contributed by atoms with Gasteiger partial charge in [-0.3, -0.25) is 10.1 Å². The molecule has 1 heterocycles. The van der Waals surface area contributed by atoms with Gasteiger partial charge in [-0.15, -0.1) is 10.2 Å². The highest BCUT2D eigenvalue weighted by Gasteiger charge is 2.19. The summed E-state index contributed by atoms with van der Waals surface area (Å²) < 4.78 is 15.4. The van der Waals surface area contributed by atoms with E-state index in [9.17, 15) is 4.79 Å². The molecule has 0 aliphatic heterocycles. The Bertz CT molecular complexity index is 607. The van der Waals surface area contributed by atoms with Crippen molar-refractivity contribution in [3.05, 3.63) is 28.8 Å². The molecule has 1 amide bonds. The number of rotatable bonds is 6. The fourth-order valence-electron chi connectivity index (χ4n) is 1.72. The van der Waals surface area contributed by atoms with Crippen LogP contribution < -0.4 is 14.8 Å². The maximum absolute atomic E-state index is 12.4. The molecular weight excluding hydrogens is 294 g/mol. The molecule has 0 aliphatic rings. The zero-order chi connectivity index (χ0) is 15.2. The first-order valence-electron chi connectivity index (χ1n) is 6.03. The molecule has 1 N–H and O–H groups in total. The summed E-state index contributed by atoms with van der Waals surface area (Å²) in [6.45, 7) is 0.353. The van der Waals surface area contributed by atoms with E-state index in [0.717, 1.165) is 0 Å². The highest BCUT2D eigenvalue weighted by atomic mass is 32.1. The molecule has 21 heavy (non-hydrogen) atoms. The van der Waals surface area contributed by atoms with E-state index >= 15 is 0 Å². The second-order valence-corrected chi connectivity index (χ2v) is 4.99. The van der Waals surface area contributed by atoms with Crippen LogP contribution in [-0.4, -0.2) is 37.4 Å². The van der Waals surface area contributed by atoms with Crippen molar-refractivity contribution in [2.75, 3.05) is 26.6 Å². The number of ether oxygens (including phenoxy) is 3. The summed E-state index contributed by atoms with van der Waals surface area (Å²) in [7, 11) is 4.56. The normalized spacial score (nSPS) is 10.2. The van der Waals surface area contributed by atoms with Crippen molar-refractivity contribution in [1.82, 2.24) is 10.2 Å². The summed E-state index contributed by atoms with van der Waals surface area (Å²) in [6, 6.07) is 5.12. The van der Waals surface area contributed by atoms with Gasteiger partial charge in [0, 0.05) is 7.11 Å². The second-order valence-electron chi connectivity index (χ2n) is 3.93. The fraction of sp³-hybridized carbons (Fsp3) is 0.308. The Morgan fingerprint density at radius 3 is 2.43 bits per heavy atom. The van der Waals surface area contributed by atoms with Gasteiger partial charge in [0.15, 0.2) is 0 Å². The summed E-state index contributed by atoms with van der Waals surface area (Å²) in [5.74, 6) is 0.478. The summed E-state index contributed by atoms with van der Waals surface area (Å²) in [6.07, 6.45) is 0. The van der Waals surface area contributed by atoms with Crippen molar-refractivity contribution in [3.8, 4) is 11.5 Å². The van der Waals surface area contributed by atoms with Crippen molar-refractivity contribution < 1.29 is 19.0 Å². The highest BCUT2D eigenvalue weighted by Crippen LogP contribution is 2.29. The predicted molar refractivity (Wildman–Crippen MR) is 78.1 cm³/mol. The zero-order valence-electron chi connectivity index (χ0n) is 11.9. The number of anilines is 1. The van der Waals surface area contributed by atoms with Crippen LogP contribution in [0.15, 0.2) is 18.2 Å². The van der Waals surface area contributed by atoms with Crippen molar-refractivity contribution in [1.29, 1.82) is 0 Å². The molecule has 112 valence electrons. The number of hydrogen-bond donors (Lipinski definition) is 1. The monoisotopic (exact) mass is 309 g/mol. The minimum Gasteiger partial charge on any atom is -0.496 e. The number of benzene rings is 1. The van der Waals surface area contributed by atoms with Gasteiger partial charge in [-0.05, 0) is 12.1 Å². The van der Waals surface area contributed by atoms with E-state index in [1.165, 1.54) is 25.6 Å². The quantitative estimate of drug-likeness (QED) is 0.878. The molecule has 0 aliphatic carbocycles. The Balaban J connectivity index is 2.23. The lowest BCUT2D eigenvalue weighted by Gasteiger charge is -2.11. The van der Waals surface area contributed by atoms with Gasteiger partial charge in [-0.1, -0.05) is 17.4 Å². The lowest BCUT2D eigenvalue weighted by atomic mass is 10.1. The molecule has 8 heteroatoms. The number of aromatic nitrogens is 2. The van der Waals surface area contributed by atoms with Crippen LogP contribution in [0.2, 0.25) is 0 Å². The molecule has 0 fully saturated rings. The van der Waals surface area contributed by atoms with Gasteiger partial charge in [-0.2, -0.15) is 0 Å². The zero-order valence-corrected chi connectivity index (χ0v) is 12.7. The van der Waals surface area contributed by atoms with E-state index in [2.05, 4.69) is 15.5 Å². The highest BCUT2D eigenvalue weighted by molar-refractivity contribution is 7.15. The number of nitrogens with one attached hydrogen (secondary N) is 1. The Kier molecular flexibility index (Phi) is 5.07. The molecule has 2 aromatic rings. The van der Waals surface area contributed by atoms with Gasteiger partial charge < -0.3 is 14.2 Å². The van der Waals surface area contributed by atoms with E-state index < -0.39 is 0 Å². The van der Waals surface area contributed by atoms with E-state index in [1.807, 2.05) is 0 Å². The standard InChI is InChI=1S/C13H15N3O4S/c1-18-7-10-15-16-13(21-10)14-12(17)11-8(19-2)5-4-6-9(11)20-3/h4-6H,7H2,1-3H3,(H,14,16,17). The topological polar surface area (TPSA) is 82.6 Å². The van der Waals surface area contributed by atoms with E-state index in [-0.39, 0.29) is 5.91 Å². The average Bonchev–Trinajstić information content (AvgIpc) is 2.93. The van der Waals surface area contributed by atoms with Crippen LogP contribution in [0.4, 0.5) is 5.13 Å². The van der Waals surface area contributed by atoms with E-state index in [0.29, 0.717) is 33.8 Å². The third-order valence-electron chi connectivity index (χ3n) is 2.61. The van der Waals surface area contributed by atoms with Gasteiger partial charge in [0.05, 0.1) is 14.2 Å². The summed E-state index contributed by atoms with van der Waals surface area (Å²) in [5.41, 5.74) is 0.311. The van der Waals surface area contributed by atoms with Crippen molar-refractivity contribution in [3.63, 3.8) is 0 Å². The van der Waals surface area contributed by atoms with Gasteiger partial charge in [0.1, 0.15) is 28.7 Å². The third-order valence-corrected chi connectivity index (χ3v) is 3.42. The molecule has 0 saturated carbocycles. The fourth-order valence-corrected chi connectivity index (χ4v) is 2.43. The molecule has 0 atom stereocenters. The lowest BCUT2D eigenvalue weighted by Crippen LogP contribution is -2.14. The van der Waals surface area contributed by atoms with Gasteiger partial charge >= 0.3 is 0 Å². The smallest absolute Gasteiger partial charge is 0.265 e. The SMILES string of the molecule is COCc1nnc(NC(=O)c2c(OC)cccc2OC)s1. The molecule has 0 bridgehead atoms. The number of carbonyl (C=O) groups is 1. The van der Waals surface area contributed by atoms with Crippen LogP contribution in [0.3, 0.4) is 0 Å². The van der Waals surface area contributed by atoms with Crippen molar-refractivity contribution in [2.45, 2.75) is 6.61 Å². The molecule has 0 radical (unpaired) electrons. The van der Waals surface area contributed by atoms with Crippen molar-refractivity contribution >= 4 is 22.4 Å². The number of amides is 1. The minimum atomic E-state index is -0.371. The Morgan fingerprint density at radius 2 is 1.86 bits per heavy atom. The largest absolute Gasteiger partial charge is 0.496 e. The van der Waals surface area contributed by atoms with Crippen LogP contribution in [-0.2, 0) is 11.3 Å². The summed E-state index contributed by atoms with van der Waals surface area (Å²) in [5, 5.41) is 11.5. The molecule has 1 aromatic carbocycles. The Hall–Kier alpha value is -2.19. The average molecular weight is 309 g/mol. The maximum atomic E-state index is 12.4. The third kappa shape index (κ3) is 3.47. The number of hydrogen-bond acceptors (Lipinski definition) is 7. The Morgan fingerprint density at radius 1 is 1.19 bits per heavy atom. The minimum absolute atomic E-state index is 0.311. The number of carbonyl (C=O) groups excluding carboxylic acids is 1. The van der Waals surface area contributed by atoms with Crippen LogP contribution in [0.1, 0.15) is 15.4 Å². The molecule has 0 unspecified atom stereocenters. The second kappa shape index (κ2) is 7.00. The molecular formula is C13H15N3O4S. The maximum Gasteiger partial charge on any atom is 0.265 e. The first-order chi connectivity index (χ1) is 10.2. The Labute approximate surface area is 125 Å². The van der Waals surface area contributed by atoms with Crippen molar-refractivity contribution in [2.24, 2.45) is 0 Å². The van der Waals surface area contributed by atoms with Crippen LogP contribution in [0, 0.1) is 0 Å². The number of methoxy groups -OCH3 is 3. The summed E-state index contributed by atoms with van der Waals surface area (Å²) >= 11 is 1.25. The molecule has 0 saturated heterocycles.